The van der Waals surface area contributed by atoms with Crippen molar-refractivity contribution in [3.8, 4) is 0 Å². The molecule has 98 valence electrons. The normalized spacial score (nSPS) is 31.8. The topological polar surface area (TPSA) is 9.23 Å². The third kappa shape index (κ3) is 2.54. The molecule has 3 rings (SSSR count). The van der Waals surface area contributed by atoms with Gasteiger partial charge in [0.25, 0.3) is 0 Å². The van der Waals surface area contributed by atoms with Crippen LogP contribution in [0.25, 0.3) is 0 Å². The Labute approximate surface area is 126 Å². The van der Waals surface area contributed by atoms with E-state index in [0.717, 1.165) is 28.7 Å². The lowest BCUT2D eigenvalue weighted by Gasteiger charge is -2.32. The number of halogens is 2. The third-order valence-electron chi connectivity index (χ3n) is 4.29. The first kappa shape index (κ1) is 13.1. The monoisotopic (exact) mass is 372 g/mol. The van der Waals surface area contributed by atoms with Crippen LogP contribution in [0.4, 0.5) is 0 Å². The number of rotatable bonds is 4. The molecule has 1 aromatic carbocycles. The van der Waals surface area contributed by atoms with Crippen LogP contribution < -0.4 is 0 Å². The standard InChI is InChI=1S/C15H18Br2O/c16-10-15(7-8-18-14(15)12-3-4-12)9-11-1-5-13(17)6-2-11/h1-2,5-6,12,14H,3-4,7-10H2. The van der Waals surface area contributed by atoms with Crippen LogP contribution in [0.3, 0.4) is 0 Å². The highest BCUT2D eigenvalue weighted by atomic mass is 79.9. The van der Waals surface area contributed by atoms with Crippen LogP contribution in [0.1, 0.15) is 24.8 Å². The van der Waals surface area contributed by atoms with E-state index in [1.807, 2.05) is 0 Å². The average molecular weight is 374 g/mol. The van der Waals surface area contributed by atoms with Gasteiger partial charge in [-0.15, -0.1) is 0 Å². The Morgan fingerprint density at radius 2 is 1.94 bits per heavy atom. The van der Waals surface area contributed by atoms with Gasteiger partial charge in [0.2, 0.25) is 0 Å². The Hall–Kier alpha value is 0.140. The van der Waals surface area contributed by atoms with Gasteiger partial charge in [-0.1, -0.05) is 44.0 Å². The molecule has 2 aliphatic rings. The Morgan fingerprint density at radius 3 is 2.56 bits per heavy atom. The average Bonchev–Trinajstić information content (AvgIpc) is 3.14. The van der Waals surface area contributed by atoms with Crippen molar-refractivity contribution < 1.29 is 4.74 Å². The van der Waals surface area contributed by atoms with Crippen LogP contribution in [0.5, 0.6) is 0 Å². The molecule has 1 saturated carbocycles. The molecule has 2 atom stereocenters. The van der Waals surface area contributed by atoms with Gasteiger partial charge in [0.05, 0.1) is 6.10 Å². The molecule has 2 unspecified atom stereocenters. The number of hydrogen-bond donors (Lipinski definition) is 0. The number of hydrogen-bond acceptors (Lipinski definition) is 1. The molecule has 3 heteroatoms. The molecule has 2 fully saturated rings. The molecule has 1 saturated heterocycles. The van der Waals surface area contributed by atoms with Crippen LogP contribution in [0, 0.1) is 11.3 Å². The Balaban J connectivity index is 1.80. The third-order valence-corrected chi connectivity index (χ3v) is 5.93. The highest BCUT2D eigenvalue weighted by Crippen LogP contribution is 2.50. The summed E-state index contributed by atoms with van der Waals surface area (Å²) in [5.41, 5.74) is 1.74. The molecule has 1 aliphatic carbocycles. The molecular formula is C15H18Br2O. The number of alkyl halides is 1. The van der Waals surface area contributed by atoms with E-state index in [0.29, 0.717) is 11.5 Å². The van der Waals surface area contributed by atoms with E-state index >= 15 is 0 Å². The fraction of sp³-hybridized carbons (Fsp3) is 0.600. The van der Waals surface area contributed by atoms with Gasteiger partial charge in [0.1, 0.15) is 0 Å². The zero-order valence-corrected chi connectivity index (χ0v) is 13.5. The van der Waals surface area contributed by atoms with Crippen molar-refractivity contribution in [1.82, 2.24) is 0 Å². The quantitative estimate of drug-likeness (QED) is 0.702. The summed E-state index contributed by atoms with van der Waals surface area (Å²) in [5, 5.41) is 1.05. The largest absolute Gasteiger partial charge is 0.377 e. The highest BCUT2D eigenvalue weighted by Gasteiger charge is 2.50. The lowest BCUT2D eigenvalue weighted by molar-refractivity contribution is 0.0413. The highest BCUT2D eigenvalue weighted by molar-refractivity contribution is 9.10. The van der Waals surface area contributed by atoms with Gasteiger partial charge in [-0.2, -0.15) is 0 Å². The SMILES string of the molecule is BrCC1(Cc2ccc(Br)cc2)CCOC1C1CC1. The zero-order valence-electron chi connectivity index (χ0n) is 10.4. The maximum atomic E-state index is 6.04. The Morgan fingerprint density at radius 1 is 1.22 bits per heavy atom. The predicted molar refractivity (Wildman–Crippen MR) is 81.2 cm³/mol. The predicted octanol–water partition coefficient (Wildman–Crippen LogP) is 4.57. The lowest BCUT2D eigenvalue weighted by atomic mass is 9.76. The van der Waals surface area contributed by atoms with Gasteiger partial charge in [0, 0.05) is 21.8 Å². The van der Waals surface area contributed by atoms with E-state index < -0.39 is 0 Å². The van der Waals surface area contributed by atoms with Crippen molar-refractivity contribution in [3.05, 3.63) is 34.3 Å². The van der Waals surface area contributed by atoms with Crippen molar-refractivity contribution in [2.45, 2.75) is 31.8 Å². The molecule has 0 spiro atoms. The summed E-state index contributed by atoms with van der Waals surface area (Å²) in [7, 11) is 0. The van der Waals surface area contributed by atoms with E-state index in [2.05, 4.69) is 56.1 Å². The molecule has 0 aromatic heterocycles. The smallest absolute Gasteiger partial charge is 0.0671 e. The van der Waals surface area contributed by atoms with Crippen molar-refractivity contribution >= 4 is 31.9 Å². The van der Waals surface area contributed by atoms with Gasteiger partial charge in [-0.05, 0) is 49.3 Å². The summed E-state index contributed by atoms with van der Waals surface area (Å²) in [6.07, 6.45) is 5.52. The van der Waals surface area contributed by atoms with Gasteiger partial charge < -0.3 is 4.74 Å². The van der Waals surface area contributed by atoms with Gasteiger partial charge in [-0.25, -0.2) is 0 Å². The van der Waals surface area contributed by atoms with Crippen molar-refractivity contribution in [2.75, 3.05) is 11.9 Å². The summed E-state index contributed by atoms with van der Waals surface area (Å²) in [4.78, 5) is 0. The first-order valence-electron chi connectivity index (χ1n) is 6.65. The van der Waals surface area contributed by atoms with Gasteiger partial charge >= 0.3 is 0 Å². The van der Waals surface area contributed by atoms with E-state index in [1.165, 1.54) is 24.8 Å². The Bertz CT molecular complexity index is 413. The van der Waals surface area contributed by atoms with E-state index in [1.54, 1.807) is 0 Å². The molecule has 1 aliphatic heterocycles. The lowest BCUT2D eigenvalue weighted by Crippen LogP contribution is -2.36. The summed E-state index contributed by atoms with van der Waals surface area (Å²) < 4.78 is 7.19. The van der Waals surface area contributed by atoms with Crippen molar-refractivity contribution in [1.29, 1.82) is 0 Å². The maximum absolute atomic E-state index is 6.04. The van der Waals surface area contributed by atoms with E-state index in [9.17, 15) is 0 Å². The summed E-state index contributed by atoms with van der Waals surface area (Å²) >= 11 is 7.25. The van der Waals surface area contributed by atoms with E-state index in [4.69, 9.17) is 4.74 Å². The molecule has 0 bridgehead atoms. The molecule has 18 heavy (non-hydrogen) atoms. The number of ether oxygens (including phenoxy) is 1. The maximum Gasteiger partial charge on any atom is 0.0671 e. The van der Waals surface area contributed by atoms with E-state index in [-0.39, 0.29) is 0 Å². The first-order valence-corrected chi connectivity index (χ1v) is 8.57. The minimum atomic E-state index is 0.314. The molecule has 0 radical (unpaired) electrons. The molecule has 0 amide bonds. The molecule has 1 heterocycles. The molecular weight excluding hydrogens is 356 g/mol. The fourth-order valence-electron chi connectivity index (χ4n) is 3.13. The van der Waals surface area contributed by atoms with Crippen LogP contribution in [-0.4, -0.2) is 18.0 Å². The molecule has 1 aromatic rings. The van der Waals surface area contributed by atoms with Gasteiger partial charge in [-0.3, -0.25) is 0 Å². The first-order chi connectivity index (χ1) is 8.73. The van der Waals surface area contributed by atoms with Crippen molar-refractivity contribution in [3.63, 3.8) is 0 Å². The second-order valence-electron chi connectivity index (χ2n) is 5.68. The zero-order chi connectivity index (χ0) is 12.6. The second kappa shape index (κ2) is 5.26. The molecule has 0 N–H and O–H groups in total. The fourth-order valence-corrected chi connectivity index (χ4v) is 4.19. The second-order valence-corrected chi connectivity index (χ2v) is 7.15. The minimum absolute atomic E-state index is 0.314. The van der Waals surface area contributed by atoms with Crippen LogP contribution >= 0.6 is 31.9 Å². The minimum Gasteiger partial charge on any atom is -0.377 e. The van der Waals surface area contributed by atoms with Crippen molar-refractivity contribution in [2.24, 2.45) is 11.3 Å². The summed E-state index contributed by atoms with van der Waals surface area (Å²) in [5.74, 6) is 0.820. The number of benzene rings is 1. The van der Waals surface area contributed by atoms with Crippen LogP contribution in [0.15, 0.2) is 28.7 Å². The van der Waals surface area contributed by atoms with Gasteiger partial charge in [0.15, 0.2) is 0 Å². The molecule has 1 nitrogen and oxygen atoms in total. The summed E-state index contributed by atoms with van der Waals surface area (Å²) in [6.45, 7) is 0.934. The summed E-state index contributed by atoms with van der Waals surface area (Å²) in [6, 6.07) is 8.74. The van der Waals surface area contributed by atoms with Crippen LogP contribution in [-0.2, 0) is 11.2 Å². The van der Waals surface area contributed by atoms with Crippen LogP contribution in [0.2, 0.25) is 0 Å². The Kier molecular flexibility index (Phi) is 3.84.